The predicted octanol–water partition coefficient (Wildman–Crippen LogP) is 3.88. The Bertz CT molecular complexity index is 733. The van der Waals surface area contributed by atoms with E-state index in [1.54, 1.807) is 0 Å². The van der Waals surface area contributed by atoms with Gasteiger partial charge in [-0.3, -0.25) is 4.79 Å². The maximum Gasteiger partial charge on any atom is 0.451 e. The number of aromatic nitrogens is 3. The molecule has 0 atom stereocenters. The molecule has 1 aromatic carbocycles. The average molecular weight is 398 g/mol. The van der Waals surface area contributed by atoms with Crippen molar-refractivity contribution in [2.45, 2.75) is 22.0 Å². The number of benzene rings is 1. The minimum Gasteiger partial charge on any atom is -0.325 e. The van der Waals surface area contributed by atoms with Gasteiger partial charge in [-0.05, 0) is 24.3 Å². The molecule has 0 bridgehead atoms. The van der Waals surface area contributed by atoms with E-state index in [1.165, 1.54) is 24.3 Å². The number of anilines is 1. The number of hydrogen-bond donors (Lipinski definition) is 1. The van der Waals surface area contributed by atoms with Crippen molar-refractivity contribution in [3.05, 3.63) is 30.1 Å². The number of carbonyl (C=O) groups excluding carboxylic acids is 1. The third-order valence-electron chi connectivity index (χ3n) is 2.78. The number of nitrogens with one attached hydrogen (secondary N) is 1. The predicted molar refractivity (Wildman–Crippen MR) is 83.7 cm³/mol. The molecule has 136 valence electrons. The monoisotopic (exact) mass is 398 g/mol. The lowest BCUT2D eigenvalue weighted by atomic mass is 10.3. The molecule has 0 spiro atoms. The molecule has 0 saturated carbocycles. The molecule has 0 saturated heterocycles. The second-order valence-corrected chi connectivity index (χ2v) is 6.61. The van der Waals surface area contributed by atoms with Crippen LogP contribution in [-0.4, -0.2) is 32.2 Å². The highest BCUT2D eigenvalue weighted by atomic mass is 32.2. The quantitative estimate of drug-likeness (QED) is 0.591. The zero-order chi connectivity index (χ0) is 18.6. The van der Waals surface area contributed by atoms with Gasteiger partial charge in [0.05, 0.1) is 5.75 Å². The van der Waals surface area contributed by atoms with Crippen molar-refractivity contribution in [2.24, 2.45) is 7.05 Å². The molecule has 0 unspecified atom stereocenters. The summed E-state index contributed by atoms with van der Waals surface area (Å²) in [5.41, 5.74) is 0.387. The van der Waals surface area contributed by atoms with E-state index in [0.717, 1.165) is 23.4 Å². The maximum absolute atomic E-state index is 12.6. The first-order valence-corrected chi connectivity index (χ1v) is 8.47. The van der Waals surface area contributed by atoms with Crippen LogP contribution in [0.4, 0.5) is 27.6 Å². The molecule has 0 fully saturated rings. The summed E-state index contributed by atoms with van der Waals surface area (Å²) in [5.74, 6) is -4.35. The summed E-state index contributed by atoms with van der Waals surface area (Å²) in [7, 11) is 1.16. The summed E-state index contributed by atoms with van der Waals surface area (Å²) < 4.78 is 63.0. The van der Waals surface area contributed by atoms with Gasteiger partial charge in [0.2, 0.25) is 11.7 Å². The minimum atomic E-state index is -4.62. The van der Waals surface area contributed by atoms with Crippen LogP contribution in [0.15, 0.2) is 34.3 Å². The van der Waals surface area contributed by atoms with Gasteiger partial charge in [0.25, 0.3) is 5.76 Å². The molecule has 12 heteroatoms. The third-order valence-corrected chi connectivity index (χ3v) is 4.53. The molecule has 0 radical (unpaired) electrons. The number of amides is 1. The van der Waals surface area contributed by atoms with E-state index in [4.69, 9.17) is 0 Å². The molecule has 25 heavy (non-hydrogen) atoms. The lowest BCUT2D eigenvalue weighted by molar-refractivity contribution is -0.147. The fourth-order valence-corrected chi connectivity index (χ4v) is 2.94. The van der Waals surface area contributed by atoms with Crippen molar-refractivity contribution in [1.29, 1.82) is 0 Å². The van der Waals surface area contributed by atoms with Gasteiger partial charge in [0, 0.05) is 17.6 Å². The topological polar surface area (TPSA) is 59.8 Å². The SMILES string of the molecule is Cn1c(SCC(=O)Nc2ccc(SC(F)F)cc2)nnc1C(F)(F)F. The summed E-state index contributed by atoms with van der Waals surface area (Å²) >= 11 is 1.18. The number of alkyl halides is 5. The highest BCUT2D eigenvalue weighted by Gasteiger charge is 2.37. The van der Waals surface area contributed by atoms with Crippen molar-refractivity contribution in [1.82, 2.24) is 14.8 Å². The highest BCUT2D eigenvalue weighted by Crippen LogP contribution is 2.29. The Morgan fingerprint density at radius 3 is 2.40 bits per heavy atom. The third kappa shape index (κ3) is 5.59. The van der Waals surface area contributed by atoms with Gasteiger partial charge in [0.1, 0.15) is 0 Å². The van der Waals surface area contributed by atoms with E-state index < -0.39 is 23.7 Å². The Morgan fingerprint density at radius 1 is 1.24 bits per heavy atom. The molecular weight excluding hydrogens is 387 g/mol. The smallest absolute Gasteiger partial charge is 0.325 e. The normalized spacial score (nSPS) is 11.8. The lowest BCUT2D eigenvalue weighted by Crippen LogP contribution is -2.15. The van der Waals surface area contributed by atoms with E-state index in [2.05, 4.69) is 15.5 Å². The first kappa shape index (κ1) is 19.5. The standard InChI is InChI=1S/C13H11F5N4OS2/c1-22-10(13(16,17)18)20-21-12(22)24-6-9(23)19-7-2-4-8(5-3-7)25-11(14)15/h2-5,11H,6H2,1H3,(H,19,23). The number of carbonyl (C=O) groups is 1. The van der Waals surface area contributed by atoms with Crippen LogP contribution in [0.5, 0.6) is 0 Å². The fourth-order valence-electron chi connectivity index (χ4n) is 1.73. The first-order chi connectivity index (χ1) is 11.7. The van der Waals surface area contributed by atoms with Gasteiger partial charge in [-0.2, -0.15) is 22.0 Å². The maximum atomic E-state index is 12.6. The van der Waals surface area contributed by atoms with Crippen LogP contribution < -0.4 is 5.32 Å². The summed E-state index contributed by atoms with van der Waals surface area (Å²) in [4.78, 5) is 12.2. The highest BCUT2D eigenvalue weighted by molar-refractivity contribution is 8.00. The number of rotatable bonds is 6. The zero-order valence-electron chi connectivity index (χ0n) is 12.6. The van der Waals surface area contributed by atoms with E-state index >= 15 is 0 Å². The largest absolute Gasteiger partial charge is 0.451 e. The van der Waals surface area contributed by atoms with Gasteiger partial charge >= 0.3 is 6.18 Å². The molecule has 1 aromatic heterocycles. The summed E-state index contributed by atoms with van der Waals surface area (Å²) in [6, 6.07) is 5.77. The van der Waals surface area contributed by atoms with E-state index in [-0.39, 0.29) is 10.9 Å². The second-order valence-electron chi connectivity index (χ2n) is 4.60. The van der Waals surface area contributed by atoms with Crippen LogP contribution in [-0.2, 0) is 18.0 Å². The molecule has 0 aliphatic heterocycles. The Hall–Kier alpha value is -1.82. The van der Waals surface area contributed by atoms with Crippen LogP contribution >= 0.6 is 23.5 Å². The molecule has 2 aromatic rings. The van der Waals surface area contributed by atoms with Crippen molar-refractivity contribution < 1.29 is 26.7 Å². The molecule has 1 heterocycles. The van der Waals surface area contributed by atoms with Crippen molar-refractivity contribution in [2.75, 3.05) is 11.1 Å². The Morgan fingerprint density at radius 2 is 1.88 bits per heavy atom. The molecule has 1 amide bonds. The average Bonchev–Trinajstić information content (AvgIpc) is 2.88. The van der Waals surface area contributed by atoms with Crippen LogP contribution in [0, 0.1) is 0 Å². The van der Waals surface area contributed by atoms with Crippen LogP contribution in [0.1, 0.15) is 5.82 Å². The van der Waals surface area contributed by atoms with Crippen molar-refractivity contribution in [3.63, 3.8) is 0 Å². The number of thioether (sulfide) groups is 2. The van der Waals surface area contributed by atoms with Gasteiger partial charge in [0.15, 0.2) is 5.16 Å². The Kier molecular flexibility index (Phi) is 6.27. The lowest BCUT2D eigenvalue weighted by Gasteiger charge is -2.07. The summed E-state index contributed by atoms with van der Waals surface area (Å²) in [6.07, 6.45) is -4.62. The molecule has 2 rings (SSSR count). The van der Waals surface area contributed by atoms with Crippen molar-refractivity contribution >= 4 is 35.1 Å². The molecule has 0 aliphatic carbocycles. The van der Waals surface area contributed by atoms with E-state index in [1.807, 2.05) is 0 Å². The van der Waals surface area contributed by atoms with Gasteiger partial charge in [-0.15, -0.1) is 10.2 Å². The second kappa shape index (κ2) is 8.04. The molecule has 1 N–H and O–H groups in total. The van der Waals surface area contributed by atoms with E-state index in [0.29, 0.717) is 22.3 Å². The number of hydrogen-bond acceptors (Lipinski definition) is 5. The molecule has 0 aliphatic rings. The summed E-state index contributed by atoms with van der Waals surface area (Å²) in [5, 5.41) is 8.92. The van der Waals surface area contributed by atoms with Gasteiger partial charge in [-0.25, -0.2) is 0 Å². The first-order valence-electron chi connectivity index (χ1n) is 6.61. The Labute approximate surface area is 147 Å². The van der Waals surface area contributed by atoms with Crippen molar-refractivity contribution in [3.8, 4) is 0 Å². The van der Waals surface area contributed by atoms with Crippen LogP contribution in [0.2, 0.25) is 0 Å². The molecule has 5 nitrogen and oxygen atoms in total. The minimum absolute atomic E-state index is 0.0499. The van der Waals surface area contributed by atoms with Gasteiger partial charge in [-0.1, -0.05) is 23.5 Å². The fraction of sp³-hybridized carbons (Fsp3) is 0.308. The van der Waals surface area contributed by atoms with Crippen LogP contribution in [0.3, 0.4) is 0 Å². The van der Waals surface area contributed by atoms with Gasteiger partial charge < -0.3 is 9.88 Å². The number of halogens is 5. The number of nitrogens with zero attached hydrogens (tertiary/aromatic N) is 3. The molecular formula is C13H11F5N4OS2. The van der Waals surface area contributed by atoms with E-state index in [9.17, 15) is 26.7 Å². The van der Waals surface area contributed by atoms with Crippen LogP contribution in [0.25, 0.3) is 0 Å². The Balaban J connectivity index is 1.90. The summed E-state index contributed by atoms with van der Waals surface area (Å²) in [6.45, 7) is 0. The zero-order valence-corrected chi connectivity index (χ0v) is 14.2.